The number of hydrogen-bond donors (Lipinski definition) is 2. The van der Waals surface area contributed by atoms with E-state index in [1.54, 1.807) is 27.8 Å². The zero-order chi connectivity index (χ0) is 40.6. The molecule has 0 bridgehead atoms. The van der Waals surface area contributed by atoms with Gasteiger partial charge in [-0.25, -0.2) is 9.59 Å². The summed E-state index contributed by atoms with van der Waals surface area (Å²) < 4.78 is 17.1. The molecule has 1 aromatic heterocycles. The molecule has 1 heterocycles. The van der Waals surface area contributed by atoms with Crippen molar-refractivity contribution in [1.82, 2.24) is 25.0 Å². The smallest absolute Gasteiger partial charge is 0.410 e. The van der Waals surface area contributed by atoms with Gasteiger partial charge in [0.1, 0.15) is 23.7 Å². The number of esters is 2. The van der Waals surface area contributed by atoms with Crippen LogP contribution in [0.4, 0.5) is 4.79 Å². The predicted molar refractivity (Wildman–Crippen MR) is 202 cm³/mol. The molecule has 1 aromatic carbocycles. The number of benzene rings is 1. The van der Waals surface area contributed by atoms with Crippen molar-refractivity contribution in [2.24, 2.45) is 12.5 Å². The Hall–Kier alpha value is -4.88. The van der Waals surface area contributed by atoms with Crippen LogP contribution in [-0.4, -0.2) is 109 Å². The summed E-state index contributed by atoms with van der Waals surface area (Å²) in [4.78, 5) is 81.7. The van der Waals surface area contributed by atoms with Crippen LogP contribution in [0.25, 0.3) is 10.9 Å². The van der Waals surface area contributed by atoms with E-state index in [2.05, 4.69) is 15.4 Å². The van der Waals surface area contributed by atoms with Crippen molar-refractivity contribution < 1.29 is 43.0 Å². The largest absolute Gasteiger partial charge is 0.469 e. The predicted octanol–water partition coefficient (Wildman–Crippen LogP) is 4.24. The Morgan fingerprint density at radius 3 is 2.06 bits per heavy atom. The number of carbonyl (C=O) groups excluding carboxylic acids is 6. The minimum atomic E-state index is -1.11. The molecule has 0 saturated heterocycles. The van der Waals surface area contributed by atoms with E-state index in [4.69, 9.17) is 9.47 Å². The minimum absolute atomic E-state index is 0.00563. The molecule has 53 heavy (non-hydrogen) atoms. The topological polar surface area (TPSA) is 166 Å². The quantitative estimate of drug-likeness (QED) is 0.164. The number of carbonyl (C=O) groups is 6. The highest BCUT2D eigenvalue weighted by atomic mass is 16.6. The number of nitrogens with zero attached hydrogens (tertiary/aromatic N) is 3. The molecule has 2 aromatic rings. The molecule has 0 radical (unpaired) electrons. The Morgan fingerprint density at radius 2 is 1.51 bits per heavy atom. The Bertz CT molecular complexity index is 1700. The molecule has 0 aliphatic carbocycles. The number of hydrogen-bond acceptors (Lipinski definition) is 9. The number of ether oxygens (including phenoxy) is 3. The van der Waals surface area contributed by atoms with Crippen molar-refractivity contribution in [2.75, 3.05) is 34.9 Å². The summed E-state index contributed by atoms with van der Waals surface area (Å²) in [6.45, 7) is 16.0. The molecular weight excluding hydrogens is 682 g/mol. The average Bonchev–Trinajstić information content (AvgIpc) is 3.42. The van der Waals surface area contributed by atoms with Gasteiger partial charge in [0.25, 0.3) is 0 Å². The van der Waals surface area contributed by atoms with Gasteiger partial charge in [0.05, 0.1) is 14.2 Å². The lowest BCUT2D eigenvalue weighted by Crippen LogP contribution is -2.62. The summed E-state index contributed by atoms with van der Waals surface area (Å²) in [5.74, 6) is -2.82. The van der Waals surface area contributed by atoms with Gasteiger partial charge >= 0.3 is 18.0 Å². The average molecular weight is 742 g/mol. The van der Waals surface area contributed by atoms with Crippen LogP contribution >= 0.6 is 0 Å². The normalized spacial score (nSPS) is 14.0. The Morgan fingerprint density at radius 1 is 0.906 bits per heavy atom. The highest BCUT2D eigenvalue weighted by Gasteiger charge is 2.46. The first-order valence-corrected chi connectivity index (χ1v) is 17.5. The molecule has 3 unspecified atom stereocenters. The monoisotopic (exact) mass is 741 g/mol. The van der Waals surface area contributed by atoms with Crippen molar-refractivity contribution in [2.45, 2.75) is 104 Å². The third-order valence-corrected chi connectivity index (χ3v) is 9.05. The second kappa shape index (κ2) is 17.8. The summed E-state index contributed by atoms with van der Waals surface area (Å²) in [5.41, 5.74) is -0.570. The van der Waals surface area contributed by atoms with Crippen molar-refractivity contribution in [1.29, 1.82) is 0 Å². The van der Waals surface area contributed by atoms with Crippen molar-refractivity contribution in [3.8, 4) is 0 Å². The van der Waals surface area contributed by atoms with E-state index in [1.807, 2.05) is 76.7 Å². The maximum absolute atomic E-state index is 14.6. The third-order valence-electron chi connectivity index (χ3n) is 9.05. The molecule has 0 fully saturated rings. The van der Waals surface area contributed by atoms with Crippen LogP contribution in [0.3, 0.4) is 0 Å². The van der Waals surface area contributed by atoms with Crippen LogP contribution in [0.5, 0.6) is 0 Å². The SMILES string of the molecule is COC(=O)CCC(NC(=O)/C(C)=C/CN(C)C(=O)C(NC(=O)C(N(C)C(=O)OC(C)(C)C)C(C)(C)c1cn(C)c2ccccc12)C(C)(C)C)C(=O)OC. The number of likely N-dealkylation sites (N-methyl/N-ethyl adjacent to an activating group) is 2. The van der Waals surface area contributed by atoms with Crippen LogP contribution in [-0.2, 0) is 50.6 Å². The Balaban J connectivity index is 2.42. The molecule has 3 atom stereocenters. The molecule has 0 saturated carbocycles. The highest BCUT2D eigenvalue weighted by molar-refractivity contribution is 5.96. The summed E-state index contributed by atoms with van der Waals surface area (Å²) in [7, 11) is 7.39. The maximum Gasteiger partial charge on any atom is 0.410 e. The fourth-order valence-corrected chi connectivity index (χ4v) is 6.00. The summed E-state index contributed by atoms with van der Waals surface area (Å²) in [6.07, 6.45) is 2.65. The number of aromatic nitrogens is 1. The fraction of sp³-hybridized carbons (Fsp3) is 0.590. The molecule has 14 heteroatoms. The molecule has 0 aliphatic heterocycles. The van der Waals surface area contributed by atoms with E-state index in [9.17, 15) is 28.8 Å². The summed E-state index contributed by atoms with van der Waals surface area (Å²) >= 11 is 0. The number of fused-ring (bicyclic) bond motifs is 1. The van der Waals surface area contributed by atoms with E-state index in [0.29, 0.717) is 0 Å². The van der Waals surface area contributed by atoms with Gasteiger partial charge in [0, 0.05) is 62.2 Å². The van der Waals surface area contributed by atoms with E-state index in [-0.39, 0.29) is 25.0 Å². The lowest BCUT2D eigenvalue weighted by atomic mass is 9.76. The van der Waals surface area contributed by atoms with Crippen molar-refractivity contribution >= 4 is 46.7 Å². The number of aryl methyl sites for hydroxylation is 1. The lowest BCUT2D eigenvalue weighted by molar-refractivity contribution is -0.146. The maximum atomic E-state index is 14.6. The second-order valence-electron chi connectivity index (χ2n) is 16.0. The first-order chi connectivity index (χ1) is 24.4. The van der Waals surface area contributed by atoms with Crippen LogP contribution in [0.1, 0.15) is 80.7 Å². The van der Waals surface area contributed by atoms with Gasteiger partial charge in [0.2, 0.25) is 17.7 Å². The number of rotatable bonds is 14. The molecule has 4 amide bonds. The number of methoxy groups -OCH3 is 2. The van der Waals surface area contributed by atoms with Crippen LogP contribution < -0.4 is 10.6 Å². The van der Waals surface area contributed by atoms with E-state index in [1.165, 1.54) is 44.1 Å². The van der Waals surface area contributed by atoms with E-state index >= 15 is 0 Å². The summed E-state index contributed by atoms with van der Waals surface area (Å²) in [5, 5.41) is 6.46. The zero-order valence-corrected chi connectivity index (χ0v) is 33.8. The zero-order valence-electron chi connectivity index (χ0n) is 33.8. The first-order valence-electron chi connectivity index (χ1n) is 17.5. The number of nitrogens with one attached hydrogen (secondary N) is 2. The van der Waals surface area contributed by atoms with Crippen molar-refractivity contribution in [3.63, 3.8) is 0 Å². The van der Waals surface area contributed by atoms with Gasteiger partial charge in [-0.15, -0.1) is 0 Å². The van der Waals surface area contributed by atoms with Gasteiger partial charge in [-0.2, -0.15) is 0 Å². The summed E-state index contributed by atoms with van der Waals surface area (Å²) in [6, 6.07) is 4.57. The Kier molecular flexibility index (Phi) is 14.8. The standard InChI is InChI=1S/C39H59N5O9/c1-24(32(46)40-27(35(49)52-14)19-20-29(45)51-13)21-22-42(10)34(48)30(37(2,3)4)41-33(47)31(44(12)36(50)53-38(5,6)7)39(8,9)26-23-43(11)28-18-16-15-17-25(26)28/h15-18,21,23,27,30-31H,19-20,22H2,1-14H3,(H,40,46)(H,41,47)/b24-21+. The van der Waals surface area contributed by atoms with Gasteiger partial charge in [-0.1, -0.05) is 58.9 Å². The molecule has 294 valence electrons. The van der Waals surface area contributed by atoms with Gasteiger partial charge in [0.15, 0.2) is 0 Å². The van der Waals surface area contributed by atoms with Crippen molar-refractivity contribution in [3.05, 3.63) is 47.7 Å². The Labute approximate surface area is 313 Å². The van der Waals surface area contributed by atoms with Gasteiger partial charge in [-0.05, 0) is 51.2 Å². The van der Waals surface area contributed by atoms with E-state index < -0.39 is 70.3 Å². The highest BCUT2D eigenvalue weighted by Crippen LogP contribution is 2.37. The van der Waals surface area contributed by atoms with Gasteiger partial charge < -0.3 is 34.3 Å². The van der Waals surface area contributed by atoms with Crippen LogP contribution in [0.2, 0.25) is 0 Å². The number of para-hydroxylation sites is 1. The lowest BCUT2D eigenvalue weighted by Gasteiger charge is -2.41. The minimum Gasteiger partial charge on any atom is -0.469 e. The molecule has 0 aliphatic rings. The third kappa shape index (κ3) is 11.6. The molecule has 2 N–H and O–H groups in total. The first kappa shape index (κ1) is 44.3. The molecule has 0 spiro atoms. The van der Waals surface area contributed by atoms with Crippen LogP contribution in [0, 0.1) is 5.41 Å². The second-order valence-corrected chi connectivity index (χ2v) is 16.0. The van der Waals surface area contributed by atoms with Gasteiger partial charge in [-0.3, -0.25) is 24.1 Å². The number of amides is 4. The molecule has 14 nitrogen and oxygen atoms in total. The van der Waals surface area contributed by atoms with E-state index in [0.717, 1.165) is 16.5 Å². The fourth-order valence-electron chi connectivity index (χ4n) is 6.00. The molecular formula is C39H59N5O9. The van der Waals surface area contributed by atoms with Crippen LogP contribution in [0.15, 0.2) is 42.1 Å². The molecule has 2 rings (SSSR count).